The minimum atomic E-state index is -0.526. The Balaban J connectivity index is 2.04. The van der Waals surface area contributed by atoms with E-state index in [1.807, 2.05) is 35.4 Å². The van der Waals surface area contributed by atoms with Crippen LogP contribution in [0.3, 0.4) is 0 Å². The van der Waals surface area contributed by atoms with Gasteiger partial charge in [-0.1, -0.05) is 0 Å². The lowest BCUT2D eigenvalue weighted by molar-refractivity contribution is -0.129. The fourth-order valence-electron chi connectivity index (χ4n) is 3.20. The highest BCUT2D eigenvalue weighted by atomic mass is 16.3. The normalized spacial score (nSPS) is 13.8. The van der Waals surface area contributed by atoms with Crippen LogP contribution >= 0.6 is 0 Å². The van der Waals surface area contributed by atoms with Gasteiger partial charge in [-0.05, 0) is 24.3 Å². The number of Topliss-reactive ketones (excluding diaryl/α,β-unsaturated/α-hetero) is 2. The molecule has 0 amide bonds. The van der Waals surface area contributed by atoms with Crippen LogP contribution in [0, 0.1) is 0 Å². The zero-order valence-electron chi connectivity index (χ0n) is 13.1. The van der Waals surface area contributed by atoms with Crippen LogP contribution in [0.15, 0.2) is 24.3 Å². The molecule has 6 heteroatoms. The molecule has 0 radical (unpaired) electrons. The maximum atomic E-state index is 11.6. The number of rotatable bonds is 1. The number of hydrogen-bond acceptors (Lipinski definition) is 4. The van der Waals surface area contributed by atoms with Crippen molar-refractivity contribution in [3.63, 3.8) is 0 Å². The van der Waals surface area contributed by atoms with E-state index >= 15 is 0 Å². The molecule has 0 fully saturated rings. The van der Waals surface area contributed by atoms with Crippen LogP contribution < -0.4 is 10.6 Å². The molecule has 0 unspecified atom stereocenters. The number of hydrogen-bond donors (Lipinski definition) is 2. The predicted octanol–water partition coefficient (Wildman–Crippen LogP) is 0.308. The molecule has 0 spiro atoms. The molecule has 2 aromatic heterocycles. The molecule has 0 aliphatic heterocycles. The molecule has 0 atom stereocenters. The van der Waals surface area contributed by atoms with Gasteiger partial charge in [-0.2, -0.15) is 0 Å². The van der Waals surface area contributed by atoms with Crippen molar-refractivity contribution in [3.8, 4) is 22.9 Å². The third-order valence-corrected chi connectivity index (χ3v) is 4.51. The molecule has 2 N–H and O–H groups in total. The predicted molar refractivity (Wildman–Crippen MR) is 88.8 cm³/mol. The molecular weight excluding hydrogens is 308 g/mol. The van der Waals surface area contributed by atoms with Crippen LogP contribution in [0.2, 0.25) is 0 Å². The summed E-state index contributed by atoms with van der Waals surface area (Å²) in [4.78, 5) is 23.2. The molecule has 0 bridgehead atoms. The summed E-state index contributed by atoms with van der Waals surface area (Å²) in [6.07, 6.45) is 2.70. The Morgan fingerprint density at radius 2 is 1.42 bits per heavy atom. The lowest BCUT2D eigenvalue weighted by atomic mass is 10.1. The van der Waals surface area contributed by atoms with Gasteiger partial charge in [0.2, 0.25) is 11.6 Å². The first kappa shape index (κ1) is 14.3. The van der Waals surface area contributed by atoms with Gasteiger partial charge < -0.3 is 19.3 Å². The first-order valence-electron chi connectivity index (χ1n) is 7.36. The van der Waals surface area contributed by atoms with E-state index in [4.69, 9.17) is 0 Å². The fraction of sp³-hybridized carbons (Fsp3) is 0.111. The van der Waals surface area contributed by atoms with Gasteiger partial charge in [-0.3, -0.25) is 9.59 Å². The third kappa shape index (κ3) is 1.83. The molecule has 6 nitrogen and oxygen atoms in total. The second-order valence-corrected chi connectivity index (χ2v) is 5.93. The SMILES string of the molecule is Cn1c(-c2cc3cc(O)c(O)cc3n2C)cc2c1=CC(=O)C(=O)C=2. The van der Waals surface area contributed by atoms with Crippen molar-refractivity contribution < 1.29 is 19.8 Å². The molecule has 1 aromatic carbocycles. The first-order valence-corrected chi connectivity index (χ1v) is 7.36. The van der Waals surface area contributed by atoms with E-state index in [0.29, 0.717) is 10.6 Å². The second-order valence-electron chi connectivity index (χ2n) is 5.93. The maximum absolute atomic E-state index is 11.6. The van der Waals surface area contributed by atoms with Crippen molar-refractivity contribution >= 4 is 34.6 Å². The Labute approximate surface area is 136 Å². The molecule has 24 heavy (non-hydrogen) atoms. The van der Waals surface area contributed by atoms with E-state index in [-0.39, 0.29) is 11.5 Å². The number of nitrogens with zero attached hydrogens (tertiary/aromatic N) is 2. The molecule has 3 aromatic rings. The quantitative estimate of drug-likeness (QED) is 0.499. The second kappa shape index (κ2) is 4.61. The zero-order chi connectivity index (χ0) is 17.2. The molecule has 1 aliphatic carbocycles. The summed E-state index contributed by atoms with van der Waals surface area (Å²) in [5, 5.41) is 21.6. The molecule has 1 aliphatic rings. The third-order valence-electron chi connectivity index (χ3n) is 4.51. The smallest absolute Gasteiger partial charge is 0.227 e. The summed E-state index contributed by atoms with van der Waals surface area (Å²) in [7, 11) is 3.68. The Bertz CT molecular complexity index is 1180. The van der Waals surface area contributed by atoms with E-state index in [2.05, 4.69) is 0 Å². The van der Waals surface area contributed by atoms with Crippen molar-refractivity contribution in [2.75, 3.05) is 0 Å². The molecule has 2 heterocycles. The Hall–Kier alpha value is -3.28. The fourth-order valence-corrected chi connectivity index (χ4v) is 3.20. The topological polar surface area (TPSA) is 84.5 Å². The number of aryl methyl sites for hydroxylation is 1. The number of fused-ring (bicyclic) bond motifs is 2. The number of aromatic nitrogens is 2. The molecular formula is C18H14N2O4. The van der Waals surface area contributed by atoms with Gasteiger partial charge in [-0.15, -0.1) is 0 Å². The summed E-state index contributed by atoms with van der Waals surface area (Å²) in [6.45, 7) is 0. The van der Waals surface area contributed by atoms with Crippen LogP contribution in [0.25, 0.3) is 34.4 Å². The molecule has 0 saturated carbocycles. The highest BCUT2D eigenvalue weighted by Gasteiger charge is 2.18. The maximum Gasteiger partial charge on any atom is 0.227 e. The van der Waals surface area contributed by atoms with Gasteiger partial charge in [0.25, 0.3) is 0 Å². The van der Waals surface area contributed by atoms with Crippen LogP contribution in [0.5, 0.6) is 11.5 Å². The zero-order valence-corrected chi connectivity index (χ0v) is 13.1. The van der Waals surface area contributed by atoms with Crippen molar-refractivity contribution in [1.82, 2.24) is 9.13 Å². The molecule has 4 rings (SSSR count). The number of phenolic OH excluding ortho intramolecular Hbond substituents is 2. The Morgan fingerprint density at radius 1 is 0.792 bits per heavy atom. The largest absolute Gasteiger partial charge is 0.504 e. The van der Waals surface area contributed by atoms with Crippen LogP contribution in [-0.4, -0.2) is 30.9 Å². The monoisotopic (exact) mass is 322 g/mol. The average molecular weight is 322 g/mol. The highest BCUT2D eigenvalue weighted by Crippen LogP contribution is 2.34. The van der Waals surface area contributed by atoms with Gasteiger partial charge >= 0.3 is 0 Å². The van der Waals surface area contributed by atoms with Crippen molar-refractivity contribution in [2.45, 2.75) is 0 Å². The van der Waals surface area contributed by atoms with Gasteiger partial charge in [0.15, 0.2) is 11.5 Å². The van der Waals surface area contributed by atoms with Crippen LogP contribution in [0.1, 0.15) is 0 Å². The average Bonchev–Trinajstić information content (AvgIpc) is 3.00. The molecule has 120 valence electrons. The lowest BCUT2D eigenvalue weighted by Crippen LogP contribution is -2.35. The van der Waals surface area contributed by atoms with Gasteiger partial charge in [0.1, 0.15) is 0 Å². The first-order chi connectivity index (χ1) is 11.4. The number of benzene rings is 1. The standard InChI is InChI=1S/C18H14N2O4/c1-19-11-7-17(23)15(21)5-9(11)3-13(19)14-4-10-6-16(22)18(24)8-12(10)20(14)2/h3-8,21,23H,1-2H3. The summed E-state index contributed by atoms with van der Waals surface area (Å²) < 4.78 is 3.74. The number of ketones is 2. The van der Waals surface area contributed by atoms with Crippen molar-refractivity contribution in [3.05, 3.63) is 34.8 Å². The van der Waals surface area contributed by atoms with Crippen molar-refractivity contribution in [1.29, 1.82) is 0 Å². The van der Waals surface area contributed by atoms with Crippen LogP contribution in [0.4, 0.5) is 0 Å². The van der Waals surface area contributed by atoms with E-state index in [0.717, 1.165) is 22.3 Å². The van der Waals surface area contributed by atoms with E-state index in [1.165, 1.54) is 24.3 Å². The molecule has 0 saturated heterocycles. The van der Waals surface area contributed by atoms with Crippen LogP contribution in [-0.2, 0) is 23.7 Å². The Kier molecular flexibility index (Phi) is 2.75. The number of carbonyl (C=O) groups excluding carboxylic acids is 2. The highest BCUT2D eigenvalue weighted by molar-refractivity contribution is 6.57. The van der Waals surface area contributed by atoms with Gasteiger partial charge in [-0.25, -0.2) is 0 Å². The summed E-state index contributed by atoms with van der Waals surface area (Å²) >= 11 is 0. The minimum absolute atomic E-state index is 0.177. The van der Waals surface area contributed by atoms with E-state index in [1.54, 1.807) is 0 Å². The van der Waals surface area contributed by atoms with Gasteiger partial charge in [0.05, 0.1) is 22.3 Å². The summed E-state index contributed by atoms with van der Waals surface area (Å²) in [5.74, 6) is -1.41. The van der Waals surface area contributed by atoms with Gasteiger partial charge in [0, 0.05) is 36.8 Å². The number of carbonyl (C=O) groups is 2. The van der Waals surface area contributed by atoms with Crippen molar-refractivity contribution in [2.24, 2.45) is 14.1 Å². The summed E-state index contributed by atoms with van der Waals surface area (Å²) in [5.41, 5.74) is 2.43. The minimum Gasteiger partial charge on any atom is -0.504 e. The van der Waals surface area contributed by atoms with E-state index < -0.39 is 11.6 Å². The number of aromatic hydroxyl groups is 2. The lowest BCUT2D eigenvalue weighted by Gasteiger charge is -2.06. The number of phenols is 2. The summed E-state index contributed by atoms with van der Waals surface area (Å²) in [6, 6.07) is 6.74. The van der Waals surface area contributed by atoms with E-state index in [9.17, 15) is 19.8 Å². The Morgan fingerprint density at radius 3 is 2.17 bits per heavy atom.